The lowest BCUT2D eigenvalue weighted by molar-refractivity contribution is -0.137. The fourth-order valence-electron chi connectivity index (χ4n) is 1.97. The van der Waals surface area contributed by atoms with Crippen LogP contribution in [-0.2, 0) is 11.3 Å². The highest BCUT2D eigenvalue weighted by molar-refractivity contribution is 5.91. The van der Waals surface area contributed by atoms with Gasteiger partial charge in [0.2, 0.25) is 0 Å². The van der Waals surface area contributed by atoms with Crippen LogP contribution in [0.15, 0.2) is 6.20 Å². The smallest absolute Gasteiger partial charge is 0.325 e. The summed E-state index contributed by atoms with van der Waals surface area (Å²) >= 11 is 0. The summed E-state index contributed by atoms with van der Waals surface area (Å²) in [5.41, 5.74) is 0.131. The highest BCUT2D eigenvalue weighted by Crippen LogP contribution is 1.94. The zero-order valence-corrected chi connectivity index (χ0v) is 11.1. The highest BCUT2D eigenvalue weighted by atomic mass is 16.4. The van der Waals surface area contributed by atoms with Gasteiger partial charge in [0.15, 0.2) is 5.69 Å². The first-order chi connectivity index (χ1) is 9.65. The summed E-state index contributed by atoms with van der Waals surface area (Å²) in [5, 5.41) is 21.8. The number of carbonyl (C=O) groups excluding carboxylic acids is 1. The van der Waals surface area contributed by atoms with Crippen LogP contribution in [0.4, 0.5) is 0 Å². The lowest BCUT2D eigenvalue weighted by Crippen LogP contribution is -2.46. The fourth-order valence-corrected chi connectivity index (χ4v) is 1.97. The number of nitrogens with one attached hydrogen (secondary N) is 2. The Labute approximate surface area is 115 Å². The summed E-state index contributed by atoms with van der Waals surface area (Å²) in [6.45, 7) is 4.91. The Bertz CT molecular complexity index is 468. The van der Waals surface area contributed by atoms with E-state index in [9.17, 15) is 9.59 Å². The van der Waals surface area contributed by atoms with Crippen LogP contribution in [0.2, 0.25) is 0 Å². The molecular formula is C11H18N6O3. The largest absolute Gasteiger partial charge is 0.480 e. The fraction of sp³-hybridized carbons (Fsp3) is 0.636. The minimum absolute atomic E-state index is 0.131. The minimum atomic E-state index is -1.03. The SMILES string of the molecule is O=C(O)Cn1cc(C(=O)NCCN2CCNCC2)nn1. The monoisotopic (exact) mass is 282 g/mol. The first kappa shape index (κ1) is 14.4. The zero-order valence-electron chi connectivity index (χ0n) is 11.1. The third-order valence-corrected chi connectivity index (χ3v) is 2.99. The van der Waals surface area contributed by atoms with E-state index in [1.54, 1.807) is 0 Å². The minimum Gasteiger partial charge on any atom is -0.480 e. The van der Waals surface area contributed by atoms with Crippen molar-refractivity contribution in [3.8, 4) is 0 Å². The average Bonchev–Trinajstić information content (AvgIpc) is 2.87. The van der Waals surface area contributed by atoms with E-state index >= 15 is 0 Å². The molecule has 0 unspecified atom stereocenters. The molecular weight excluding hydrogens is 264 g/mol. The second-order valence-electron chi connectivity index (χ2n) is 4.54. The number of nitrogens with zero attached hydrogens (tertiary/aromatic N) is 4. The second kappa shape index (κ2) is 6.96. The van der Waals surface area contributed by atoms with Gasteiger partial charge in [0, 0.05) is 39.3 Å². The molecule has 1 aliphatic heterocycles. The molecule has 0 aromatic carbocycles. The Kier molecular flexibility index (Phi) is 5.02. The lowest BCUT2D eigenvalue weighted by Gasteiger charge is -2.26. The van der Waals surface area contributed by atoms with Gasteiger partial charge in [0.05, 0.1) is 6.20 Å². The summed E-state index contributed by atoms with van der Waals surface area (Å²) in [7, 11) is 0. The maximum absolute atomic E-state index is 11.8. The van der Waals surface area contributed by atoms with Crippen molar-refractivity contribution in [3.63, 3.8) is 0 Å². The molecule has 1 aromatic rings. The number of aromatic nitrogens is 3. The van der Waals surface area contributed by atoms with Crippen molar-refractivity contribution in [2.75, 3.05) is 39.3 Å². The molecule has 110 valence electrons. The zero-order chi connectivity index (χ0) is 14.4. The number of amides is 1. The number of rotatable bonds is 6. The number of aliphatic carboxylic acids is 1. The normalized spacial score (nSPS) is 16.0. The molecule has 9 nitrogen and oxygen atoms in total. The van der Waals surface area contributed by atoms with Crippen LogP contribution in [-0.4, -0.2) is 76.1 Å². The van der Waals surface area contributed by atoms with Crippen LogP contribution in [0.1, 0.15) is 10.5 Å². The molecule has 3 N–H and O–H groups in total. The van der Waals surface area contributed by atoms with E-state index in [1.807, 2.05) is 0 Å². The molecule has 0 aliphatic carbocycles. The van der Waals surface area contributed by atoms with Crippen molar-refractivity contribution in [2.45, 2.75) is 6.54 Å². The van der Waals surface area contributed by atoms with Crippen LogP contribution in [0.5, 0.6) is 0 Å². The second-order valence-corrected chi connectivity index (χ2v) is 4.54. The third-order valence-electron chi connectivity index (χ3n) is 2.99. The summed E-state index contributed by atoms with van der Waals surface area (Å²) in [6, 6.07) is 0. The van der Waals surface area contributed by atoms with Crippen molar-refractivity contribution < 1.29 is 14.7 Å². The maximum atomic E-state index is 11.8. The molecule has 1 fully saturated rings. The van der Waals surface area contributed by atoms with Crippen molar-refractivity contribution in [1.82, 2.24) is 30.5 Å². The molecule has 1 saturated heterocycles. The molecule has 2 heterocycles. The van der Waals surface area contributed by atoms with E-state index in [4.69, 9.17) is 5.11 Å². The number of carbonyl (C=O) groups is 2. The van der Waals surface area contributed by atoms with Gasteiger partial charge >= 0.3 is 5.97 Å². The molecule has 0 bridgehead atoms. The van der Waals surface area contributed by atoms with Crippen molar-refractivity contribution in [1.29, 1.82) is 0 Å². The Balaban J connectivity index is 1.73. The standard InChI is InChI=1S/C11H18N6O3/c18-10(19)8-17-7-9(14-15-17)11(20)13-3-6-16-4-1-12-2-5-16/h7,12H,1-6,8H2,(H,13,20)(H,18,19). The first-order valence-electron chi connectivity index (χ1n) is 6.48. The van der Waals surface area contributed by atoms with Crippen molar-refractivity contribution in [2.24, 2.45) is 0 Å². The molecule has 0 radical (unpaired) electrons. The van der Waals surface area contributed by atoms with Gasteiger partial charge in [0.1, 0.15) is 6.54 Å². The third kappa shape index (κ3) is 4.28. The molecule has 2 rings (SSSR count). The number of hydrogen-bond donors (Lipinski definition) is 3. The van der Waals surface area contributed by atoms with Gasteiger partial charge < -0.3 is 15.7 Å². The molecule has 1 amide bonds. The number of carboxylic acids is 1. The van der Waals surface area contributed by atoms with Crippen molar-refractivity contribution >= 4 is 11.9 Å². The Morgan fingerprint density at radius 1 is 1.40 bits per heavy atom. The predicted octanol–water partition coefficient (Wildman–Crippen LogP) is -2.00. The number of carboxylic acid groups (broad SMARTS) is 1. The quantitative estimate of drug-likeness (QED) is 0.553. The molecule has 1 aliphatic rings. The molecule has 9 heteroatoms. The van der Waals surface area contributed by atoms with E-state index in [1.165, 1.54) is 6.20 Å². The first-order valence-corrected chi connectivity index (χ1v) is 6.48. The van der Waals surface area contributed by atoms with Crippen LogP contribution < -0.4 is 10.6 Å². The van der Waals surface area contributed by atoms with E-state index < -0.39 is 5.97 Å². The Hall–Kier alpha value is -2.00. The van der Waals surface area contributed by atoms with E-state index in [-0.39, 0.29) is 18.1 Å². The topological polar surface area (TPSA) is 112 Å². The van der Waals surface area contributed by atoms with Gasteiger partial charge in [-0.1, -0.05) is 5.21 Å². The van der Waals surface area contributed by atoms with E-state index in [2.05, 4.69) is 25.8 Å². The molecule has 0 saturated carbocycles. The van der Waals surface area contributed by atoms with Gasteiger partial charge in [-0.25, -0.2) is 4.68 Å². The van der Waals surface area contributed by atoms with Gasteiger partial charge in [-0.3, -0.25) is 14.5 Å². The number of hydrogen-bond acceptors (Lipinski definition) is 6. The average molecular weight is 282 g/mol. The van der Waals surface area contributed by atoms with Gasteiger partial charge in [-0.2, -0.15) is 0 Å². The summed E-state index contributed by atoms with van der Waals surface area (Å²) < 4.78 is 1.12. The van der Waals surface area contributed by atoms with E-state index in [0.717, 1.165) is 37.4 Å². The van der Waals surface area contributed by atoms with Crippen LogP contribution in [0.25, 0.3) is 0 Å². The van der Waals surface area contributed by atoms with E-state index in [0.29, 0.717) is 6.54 Å². The lowest BCUT2D eigenvalue weighted by atomic mass is 10.3. The number of piperazine rings is 1. The maximum Gasteiger partial charge on any atom is 0.325 e. The van der Waals surface area contributed by atoms with Crippen molar-refractivity contribution in [3.05, 3.63) is 11.9 Å². The molecule has 1 aromatic heterocycles. The summed E-state index contributed by atoms with van der Waals surface area (Å²) in [4.78, 5) is 24.5. The Morgan fingerprint density at radius 2 is 2.15 bits per heavy atom. The molecule has 0 spiro atoms. The van der Waals surface area contributed by atoms with Crippen LogP contribution >= 0.6 is 0 Å². The van der Waals surface area contributed by atoms with Crippen LogP contribution in [0.3, 0.4) is 0 Å². The molecule has 0 atom stereocenters. The highest BCUT2D eigenvalue weighted by Gasteiger charge is 2.13. The summed E-state index contributed by atoms with van der Waals surface area (Å²) in [5.74, 6) is -1.36. The van der Waals surface area contributed by atoms with Gasteiger partial charge in [-0.15, -0.1) is 5.10 Å². The predicted molar refractivity (Wildman–Crippen MR) is 69.3 cm³/mol. The van der Waals surface area contributed by atoms with Gasteiger partial charge in [-0.05, 0) is 0 Å². The summed E-state index contributed by atoms with van der Waals surface area (Å²) in [6.07, 6.45) is 1.33. The van der Waals surface area contributed by atoms with Crippen LogP contribution in [0, 0.1) is 0 Å². The molecule has 20 heavy (non-hydrogen) atoms. The Morgan fingerprint density at radius 3 is 2.85 bits per heavy atom. The van der Waals surface area contributed by atoms with Gasteiger partial charge in [0.25, 0.3) is 5.91 Å².